The number of hydrogen-bond donors (Lipinski definition) is 2. The van der Waals surface area contributed by atoms with Crippen LogP contribution in [-0.2, 0) is 6.18 Å². The molecule has 1 saturated heterocycles. The summed E-state index contributed by atoms with van der Waals surface area (Å²) in [6, 6.07) is 12.7. The zero-order chi connectivity index (χ0) is 28.3. The number of alkyl halides is 3. The monoisotopic (exact) mass is 551 g/mol. The van der Waals surface area contributed by atoms with E-state index in [9.17, 15) is 18.0 Å². The van der Waals surface area contributed by atoms with Gasteiger partial charge in [0, 0.05) is 19.3 Å². The Balaban J connectivity index is 1.56. The Morgan fingerprint density at radius 3 is 2.67 bits per heavy atom. The number of anilines is 2. The van der Waals surface area contributed by atoms with Gasteiger partial charge in [-0.3, -0.25) is 4.79 Å². The zero-order valence-electron chi connectivity index (χ0n) is 21.7. The van der Waals surface area contributed by atoms with Crippen molar-refractivity contribution in [3.8, 4) is 17.2 Å². The number of hydrogen-bond acceptors (Lipinski definition) is 7. The number of amides is 1. The first kappa shape index (κ1) is 27.1. The van der Waals surface area contributed by atoms with Crippen molar-refractivity contribution in [2.45, 2.75) is 25.9 Å². The summed E-state index contributed by atoms with van der Waals surface area (Å²) >= 11 is 0. The lowest BCUT2D eigenvalue weighted by atomic mass is 9.96. The summed E-state index contributed by atoms with van der Waals surface area (Å²) in [7, 11) is 0. The number of ether oxygens (including phenoxy) is 1. The third-order valence-corrected chi connectivity index (χ3v) is 6.81. The second-order valence-electron chi connectivity index (χ2n) is 9.59. The minimum Gasteiger partial charge on any atom is -0.456 e. The number of piperidine rings is 1. The smallest absolute Gasteiger partial charge is 0.422 e. The standard InChI is InChI=1S/C28H28F3N7O2/c1-18-5-2-3-7-23(18)40-24-9-8-21(26(25(24)28(29,30)31)37-13-4-6-19(15-32)17-37)35-27(39)22-11-14-38(36-22)20-10-12-33-34-16-20/h2-3,5,7-12,14,16,19H,4,6,13,15,17,32H2,1H3,(H,35,39)/t19-/m0/s1. The van der Waals surface area contributed by atoms with Crippen LogP contribution in [0.2, 0.25) is 0 Å². The molecule has 3 heterocycles. The molecule has 4 aromatic rings. The highest BCUT2D eigenvalue weighted by Gasteiger charge is 2.41. The normalized spacial score (nSPS) is 15.6. The van der Waals surface area contributed by atoms with Crippen LogP contribution >= 0.6 is 0 Å². The minimum absolute atomic E-state index is 0.00672. The second-order valence-corrected chi connectivity index (χ2v) is 9.59. The number of nitrogens with two attached hydrogens (primary N) is 1. The molecule has 9 nitrogen and oxygen atoms in total. The Bertz CT molecular complexity index is 1490. The summed E-state index contributed by atoms with van der Waals surface area (Å²) in [6.45, 7) is 2.80. The predicted octanol–water partition coefficient (Wildman–Crippen LogP) is 5.21. The molecular weight excluding hydrogens is 523 g/mol. The fraction of sp³-hybridized carbons (Fsp3) is 0.286. The number of nitrogens with one attached hydrogen (secondary N) is 1. The zero-order valence-corrected chi connectivity index (χ0v) is 21.7. The third kappa shape index (κ3) is 5.76. The number of halogens is 3. The molecule has 2 aromatic heterocycles. The first-order valence-corrected chi connectivity index (χ1v) is 12.8. The Morgan fingerprint density at radius 1 is 1.12 bits per heavy atom. The van der Waals surface area contributed by atoms with Crippen molar-refractivity contribution in [3.63, 3.8) is 0 Å². The van der Waals surface area contributed by atoms with Gasteiger partial charge >= 0.3 is 6.18 Å². The average molecular weight is 552 g/mol. The summed E-state index contributed by atoms with van der Waals surface area (Å²) in [4.78, 5) is 14.9. The fourth-order valence-corrected chi connectivity index (χ4v) is 4.81. The van der Waals surface area contributed by atoms with E-state index in [-0.39, 0.29) is 28.7 Å². The van der Waals surface area contributed by atoms with Gasteiger partial charge in [0.25, 0.3) is 5.91 Å². The molecule has 0 radical (unpaired) electrons. The Labute approximate surface area is 228 Å². The molecule has 1 amide bonds. The Kier molecular flexibility index (Phi) is 7.69. The van der Waals surface area contributed by atoms with Crippen molar-refractivity contribution >= 4 is 17.3 Å². The van der Waals surface area contributed by atoms with Crippen LogP contribution in [0.1, 0.15) is 34.5 Å². The van der Waals surface area contributed by atoms with E-state index in [1.807, 2.05) is 0 Å². The highest BCUT2D eigenvalue weighted by molar-refractivity contribution is 6.05. The van der Waals surface area contributed by atoms with Gasteiger partial charge in [0.1, 0.15) is 17.1 Å². The van der Waals surface area contributed by atoms with Crippen molar-refractivity contribution < 1.29 is 22.7 Å². The number of carbonyl (C=O) groups excluding carboxylic acids is 1. The molecule has 2 aromatic carbocycles. The maximum atomic E-state index is 14.8. The van der Waals surface area contributed by atoms with Gasteiger partial charge in [-0.25, -0.2) is 4.68 Å². The summed E-state index contributed by atoms with van der Waals surface area (Å²) < 4.78 is 51.7. The first-order valence-electron chi connectivity index (χ1n) is 12.8. The van der Waals surface area contributed by atoms with Crippen molar-refractivity contribution in [1.29, 1.82) is 0 Å². The van der Waals surface area contributed by atoms with Gasteiger partial charge in [-0.2, -0.15) is 28.5 Å². The minimum atomic E-state index is -4.78. The molecule has 0 spiro atoms. The van der Waals surface area contributed by atoms with E-state index in [1.54, 1.807) is 48.4 Å². The van der Waals surface area contributed by atoms with Gasteiger partial charge in [-0.15, -0.1) is 0 Å². The van der Waals surface area contributed by atoms with Crippen LogP contribution in [-0.4, -0.2) is 45.5 Å². The van der Waals surface area contributed by atoms with Crippen LogP contribution in [0.5, 0.6) is 11.5 Å². The Morgan fingerprint density at radius 2 is 1.95 bits per heavy atom. The molecule has 3 N–H and O–H groups in total. The lowest BCUT2D eigenvalue weighted by Crippen LogP contribution is -2.40. The first-order chi connectivity index (χ1) is 19.2. The molecule has 12 heteroatoms. The fourth-order valence-electron chi connectivity index (χ4n) is 4.81. The van der Waals surface area contributed by atoms with Crippen molar-refractivity contribution in [1.82, 2.24) is 20.0 Å². The highest BCUT2D eigenvalue weighted by atomic mass is 19.4. The number of para-hydroxylation sites is 1. The van der Waals surface area contributed by atoms with E-state index >= 15 is 0 Å². The SMILES string of the molecule is Cc1ccccc1Oc1ccc(NC(=O)c2ccn(-c3ccnnc3)n2)c(N2CCC[C@@H](CN)C2)c1C(F)(F)F. The predicted molar refractivity (Wildman–Crippen MR) is 144 cm³/mol. The molecule has 1 fully saturated rings. The van der Waals surface area contributed by atoms with Gasteiger partial charge < -0.3 is 20.7 Å². The summed E-state index contributed by atoms with van der Waals surface area (Å²) in [5.74, 6) is -0.677. The van der Waals surface area contributed by atoms with E-state index in [4.69, 9.17) is 10.5 Å². The molecule has 0 unspecified atom stereocenters. The average Bonchev–Trinajstić information content (AvgIpc) is 3.45. The van der Waals surface area contributed by atoms with Gasteiger partial charge in [0.15, 0.2) is 5.69 Å². The van der Waals surface area contributed by atoms with E-state index < -0.39 is 17.6 Å². The molecule has 40 heavy (non-hydrogen) atoms. The lowest BCUT2D eigenvalue weighted by molar-refractivity contribution is -0.138. The van der Waals surface area contributed by atoms with Crippen LogP contribution in [0.3, 0.4) is 0 Å². The van der Waals surface area contributed by atoms with E-state index in [0.717, 1.165) is 6.42 Å². The highest BCUT2D eigenvalue weighted by Crippen LogP contribution is 2.48. The van der Waals surface area contributed by atoms with Crippen molar-refractivity contribution in [2.24, 2.45) is 11.7 Å². The van der Waals surface area contributed by atoms with Crippen molar-refractivity contribution in [2.75, 3.05) is 29.9 Å². The maximum absolute atomic E-state index is 14.8. The molecule has 0 aliphatic carbocycles. The number of carbonyl (C=O) groups is 1. The van der Waals surface area contributed by atoms with Gasteiger partial charge in [-0.1, -0.05) is 18.2 Å². The third-order valence-electron chi connectivity index (χ3n) is 6.81. The maximum Gasteiger partial charge on any atom is 0.422 e. The molecule has 208 valence electrons. The number of rotatable bonds is 7. The van der Waals surface area contributed by atoms with Crippen LogP contribution in [0, 0.1) is 12.8 Å². The largest absolute Gasteiger partial charge is 0.456 e. The quantitative estimate of drug-likeness (QED) is 0.324. The Hall–Kier alpha value is -4.45. The molecule has 0 saturated carbocycles. The van der Waals surface area contributed by atoms with Crippen LogP contribution in [0.15, 0.2) is 67.1 Å². The molecule has 0 bridgehead atoms. The van der Waals surface area contributed by atoms with Crippen LogP contribution in [0.25, 0.3) is 5.69 Å². The second kappa shape index (κ2) is 11.3. The van der Waals surface area contributed by atoms with Crippen molar-refractivity contribution in [3.05, 3.63) is 83.9 Å². The van der Waals surface area contributed by atoms with Crippen LogP contribution in [0.4, 0.5) is 24.5 Å². The van der Waals surface area contributed by atoms with E-state index in [0.29, 0.717) is 43.1 Å². The number of aryl methyl sites for hydroxylation is 1. The summed E-state index contributed by atoms with van der Waals surface area (Å²) in [5.41, 5.74) is 6.09. The molecule has 1 atom stereocenters. The van der Waals surface area contributed by atoms with Gasteiger partial charge in [-0.05, 0) is 68.1 Å². The van der Waals surface area contributed by atoms with Gasteiger partial charge in [0.2, 0.25) is 0 Å². The number of aromatic nitrogens is 4. The van der Waals surface area contributed by atoms with E-state index in [2.05, 4.69) is 20.6 Å². The molecule has 1 aliphatic rings. The topological polar surface area (TPSA) is 111 Å². The molecule has 1 aliphatic heterocycles. The molecule has 5 rings (SSSR count). The van der Waals surface area contributed by atoms with E-state index in [1.165, 1.54) is 35.3 Å². The summed E-state index contributed by atoms with van der Waals surface area (Å²) in [5, 5.41) is 14.4. The van der Waals surface area contributed by atoms with Crippen LogP contribution < -0.4 is 20.7 Å². The summed E-state index contributed by atoms with van der Waals surface area (Å²) in [6.07, 6.45) is 1.22. The lowest BCUT2D eigenvalue weighted by Gasteiger charge is -2.37. The van der Waals surface area contributed by atoms with Gasteiger partial charge in [0.05, 0.1) is 29.5 Å². The molecular formula is C28H28F3N7O2. The number of nitrogens with zero attached hydrogens (tertiary/aromatic N) is 5. The number of benzene rings is 2.